The Hall–Kier alpha value is -2.72. The highest BCUT2D eigenvalue weighted by Gasteiger charge is 2.32. The molecule has 2 amide bonds. The van der Waals surface area contributed by atoms with Crippen LogP contribution >= 0.6 is 0 Å². The van der Waals surface area contributed by atoms with Gasteiger partial charge in [0.1, 0.15) is 5.84 Å². The molecule has 7 nitrogen and oxygen atoms in total. The van der Waals surface area contributed by atoms with E-state index in [0.717, 1.165) is 16.9 Å². The maximum Gasteiger partial charge on any atom is 0.390 e. The SMILES string of the molecule is CCc1ccc(C(=N)N(CCC(F)(F)F)C(=O)NCC(=N)C2=CCC(O)(CO)CC2)cc1. The number of aryl methyl sites for hydroxylation is 1. The molecule has 0 saturated heterocycles. The molecule has 10 heteroatoms. The van der Waals surface area contributed by atoms with Gasteiger partial charge in [-0.25, -0.2) is 4.79 Å². The van der Waals surface area contributed by atoms with Crippen LogP contribution in [0.3, 0.4) is 0 Å². The van der Waals surface area contributed by atoms with Crippen molar-refractivity contribution >= 4 is 17.6 Å². The second-order valence-corrected chi connectivity index (χ2v) is 7.87. The molecule has 1 aromatic rings. The molecule has 176 valence electrons. The number of amides is 2. The predicted octanol–water partition coefficient (Wildman–Crippen LogP) is 3.39. The van der Waals surface area contributed by atoms with Gasteiger partial charge in [-0.3, -0.25) is 10.3 Å². The summed E-state index contributed by atoms with van der Waals surface area (Å²) in [5, 5.41) is 38.1. The first-order valence-corrected chi connectivity index (χ1v) is 10.4. The number of carbonyl (C=O) groups excluding carboxylic acids is 1. The minimum absolute atomic E-state index is 0.0629. The summed E-state index contributed by atoms with van der Waals surface area (Å²) in [6, 6.07) is 5.79. The third kappa shape index (κ3) is 7.16. The van der Waals surface area contributed by atoms with E-state index in [1.165, 1.54) is 0 Å². The Kier molecular flexibility index (Phi) is 8.57. The second kappa shape index (κ2) is 10.7. The summed E-state index contributed by atoms with van der Waals surface area (Å²) in [4.78, 5) is 13.4. The summed E-state index contributed by atoms with van der Waals surface area (Å²) < 4.78 is 38.4. The van der Waals surface area contributed by atoms with Crippen molar-refractivity contribution in [2.24, 2.45) is 0 Å². The molecule has 0 spiro atoms. The molecular weight excluding hydrogens is 425 g/mol. The molecule has 0 bridgehead atoms. The van der Waals surface area contributed by atoms with Gasteiger partial charge in [-0.1, -0.05) is 37.3 Å². The molecule has 5 N–H and O–H groups in total. The third-order valence-electron chi connectivity index (χ3n) is 5.46. The Labute approximate surface area is 185 Å². The summed E-state index contributed by atoms with van der Waals surface area (Å²) in [7, 11) is 0. The van der Waals surface area contributed by atoms with Gasteiger partial charge < -0.3 is 20.9 Å². The van der Waals surface area contributed by atoms with Crippen molar-refractivity contribution in [1.82, 2.24) is 10.2 Å². The van der Waals surface area contributed by atoms with Crippen molar-refractivity contribution in [2.75, 3.05) is 19.7 Å². The average molecular weight is 454 g/mol. The highest BCUT2D eigenvalue weighted by atomic mass is 19.4. The van der Waals surface area contributed by atoms with Crippen LogP contribution in [0.4, 0.5) is 18.0 Å². The van der Waals surface area contributed by atoms with Crippen molar-refractivity contribution in [3.8, 4) is 0 Å². The minimum Gasteiger partial charge on any atom is -0.393 e. The summed E-state index contributed by atoms with van der Waals surface area (Å²) >= 11 is 0. The van der Waals surface area contributed by atoms with E-state index in [4.69, 9.17) is 10.8 Å². The van der Waals surface area contributed by atoms with Crippen LogP contribution < -0.4 is 5.32 Å². The molecule has 1 aliphatic rings. The van der Waals surface area contributed by atoms with Gasteiger partial charge in [-0.2, -0.15) is 13.2 Å². The van der Waals surface area contributed by atoms with E-state index in [1.54, 1.807) is 30.3 Å². The number of hydrogen-bond donors (Lipinski definition) is 5. The fraction of sp³-hybridized carbons (Fsp3) is 0.500. The topological polar surface area (TPSA) is 121 Å². The number of nitrogens with zero attached hydrogens (tertiary/aromatic N) is 1. The maximum atomic E-state index is 12.8. The Bertz CT molecular complexity index is 868. The lowest BCUT2D eigenvalue weighted by Crippen LogP contribution is -2.47. The molecule has 1 unspecified atom stereocenters. The maximum absolute atomic E-state index is 12.8. The molecule has 0 fully saturated rings. The van der Waals surface area contributed by atoms with E-state index in [0.29, 0.717) is 17.6 Å². The smallest absolute Gasteiger partial charge is 0.390 e. The van der Waals surface area contributed by atoms with Crippen molar-refractivity contribution in [2.45, 2.75) is 50.8 Å². The van der Waals surface area contributed by atoms with Crippen LogP contribution in [0.15, 0.2) is 35.9 Å². The number of benzene rings is 1. The lowest BCUT2D eigenvalue weighted by Gasteiger charge is -2.30. The van der Waals surface area contributed by atoms with Crippen LogP contribution in [0.2, 0.25) is 0 Å². The first kappa shape index (κ1) is 25.5. The molecule has 1 aromatic carbocycles. The molecule has 0 aliphatic heterocycles. The van der Waals surface area contributed by atoms with E-state index in [1.807, 2.05) is 6.92 Å². The molecular formula is C22H29F3N4O3. The van der Waals surface area contributed by atoms with E-state index >= 15 is 0 Å². The van der Waals surface area contributed by atoms with Gasteiger partial charge in [0.25, 0.3) is 0 Å². The largest absolute Gasteiger partial charge is 0.393 e. The van der Waals surface area contributed by atoms with Crippen LogP contribution in [0, 0.1) is 10.8 Å². The van der Waals surface area contributed by atoms with Crippen LogP contribution in [-0.2, 0) is 6.42 Å². The second-order valence-electron chi connectivity index (χ2n) is 7.87. The number of carbonyl (C=O) groups is 1. The zero-order chi connectivity index (χ0) is 23.9. The van der Waals surface area contributed by atoms with Gasteiger partial charge in [0.2, 0.25) is 0 Å². The Balaban J connectivity index is 2.07. The molecule has 32 heavy (non-hydrogen) atoms. The number of urea groups is 1. The highest BCUT2D eigenvalue weighted by molar-refractivity contribution is 6.07. The van der Waals surface area contributed by atoms with Crippen LogP contribution in [0.5, 0.6) is 0 Å². The Morgan fingerprint density at radius 2 is 1.91 bits per heavy atom. The van der Waals surface area contributed by atoms with Gasteiger partial charge in [0.15, 0.2) is 0 Å². The van der Waals surface area contributed by atoms with Gasteiger partial charge >= 0.3 is 12.2 Å². The van der Waals surface area contributed by atoms with Crippen LogP contribution in [0.25, 0.3) is 0 Å². The molecule has 1 atom stereocenters. The van der Waals surface area contributed by atoms with Gasteiger partial charge in [-0.05, 0) is 36.8 Å². The van der Waals surface area contributed by atoms with Crippen molar-refractivity contribution in [1.29, 1.82) is 10.8 Å². The standard InChI is InChI=1S/C22H29F3N4O3/c1-2-15-3-5-17(6-4-15)19(27)29(12-11-22(23,24)25)20(31)28-13-18(26)16-7-9-21(32,14-30)10-8-16/h3-7,26-27,30,32H,2,8-14H2,1H3,(H,28,31). The number of aliphatic hydroxyl groups excluding tert-OH is 1. The first-order valence-electron chi connectivity index (χ1n) is 10.4. The van der Waals surface area contributed by atoms with Crippen molar-refractivity contribution in [3.63, 3.8) is 0 Å². The molecule has 0 aromatic heterocycles. The van der Waals surface area contributed by atoms with Crippen LogP contribution in [0.1, 0.15) is 43.7 Å². The number of alkyl halides is 3. The predicted molar refractivity (Wildman–Crippen MR) is 115 cm³/mol. The van der Waals surface area contributed by atoms with E-state index < -0.39 is 37.4 Å². The number of rotatable bonds is 8. The van der Waals surface area contributed by atoms with E-state index in [-0.39, 0.29) is 30.9 Å². The summed E-state index contributed by atoms with van der Waals surface area (Å²) in [6.07, 6.45) is -2.60. The number of nitrogens with one attached hydrogen (secondary N) is 3. The molecule has 0 saturated carbocycles. The third-order valence-corrected chi connectivity index (χ3v) is 5.46. The minimum atomic E-state index is -4.49. The van der Waals surface area contributed by atoms with Gasteiger partial charge in [0.05, 0.1) is 30.9 Å². The Morgan fingerprint density at radius 3 is 2.41 bits per heavy atom. The summed E-state index contributed by atoms with van der Waals surface area (Å²) in [6.45, 7) is 0.608. The highest BCUT2D eigenvalue weighted by Crippen LogP contribution is 2.27. The molecule has 2 rings (SSSR count). The average Bonchev–Trinajstić information content (AvgIpc) is 2.77. The Morgan fingerprint density at radius 1 is 1.25 bits per heavy atom. The first-order chi connectivity index (χ1) is 15.0. The van der Waals surface area contributed by atoms with Crippen molar-refractivity contribution < 1.29 is 28.2 Å². The lowest BCUT2D eigenvalue weighted by atomic mass is 9.84. The molecule has 0 radical (unpaired) electrons. The fourth-order valence-electron chi connectivity index (χ4n) is 3.28. The van der Waals surface area contributed by atoms with Crippen LogP contribution in [-0.4, -0.2) is 64.2 Å². The summed E-state index contributed by atoms with van der Waals surface area (Å²) in [5.74, 6) is -0.356. The number of hydrogen-bond acceptors (Lipinski definition) is 5. The number of halogens is 3. The summed E-state index contributed by atoms with van der Waals surface area (Å²) in [5.41, 5.74) is 0.746. The molecule has 1 aliphatic carbocycles. The van der Waals surface area contributed by atoms with E-state index in [2.05, 4.69) is 5.32 Å². The van der Waals surface area contributed by atoms with Crippen molar-refractivity contribution in [3.05, 3.63) is 47.0 Å². The monoisotopic (exact) mass is 454 g/mol. The normalized spacial score (nSPS) is 18.6. The van der Waals surface area contributed by atoms with E-state index in [9.17, 15) is 28.2 Å². The fourth-order valence-corrected chi connectivity index (χ4v) is 3.28. The lowest BCUT2D eigenvalue weighted by molar-refractivity contribution is -0.135. The zero-order valence-electron chi connectivity index (χ0n) is 17.9. The zero-order valence-corrected chi connectivity index (χ0v) is 17.9. The molecule has 0 heterocycles. The van der Waals surface area contributed by atoms with Gasteiger partial charge in [-0.15, -0.1) is 0 Å². The quantitative estimate of drug-likeness (QED) is 0.306. The van der Waals surface area contributed by atoms with Gasteiger partial charge in [0, 0.05) is 12.1 Å². The number of aliphatic hydroxyl groups is 2. The number of amidine groups is 1.